The summed E-state index contributed by atoms with van der Waals surface area (Å²) in [5.74, 6) is 1.02. The quantitative estimate of drug-likeness (QED) is 0.765. The Morgan fingerprint density at radius 2 is 2.04 bits per heavy atom. The highest BCUT2D eigenvalue weighted by atomic mass is 19.4. The molecule has 1 atom stereocenters. The Bertz CT molecular complexity index is 744. The molecule has 28 heavy (non-hydrogen) atoms. The summed E-state index contributed by atoms with van der Waals surface area (Å²) in [5.41, 5.74) is 1.10. The van der Waals surface area contributed by atoms with Crippen molar-refractivity contribution in [2.24, 2.45) is 5.92 Å². The Hall–Kier alpha value is -2.06. The number of hydrogen-bond donors (Lipinski definition) is 1. The van der Waals surface area contributed by atoms with Crippen LogP contribution in [0, 0.1) is 5.92 Å². The van der Waals surface area contributed by atoms with Crippen LogP contribution in [-0.2, 0) is 17.3 Å². The zero-order chi connectivity index (χ0) is 20.1. The number of hydrogen-bond acceptors (Lipinski definition) is 4. The van der Waals surface area contributed by atoms with Crippen LogP contribution in [0.5, 0.6) is 5.75 Å². The summed E-state index contributed by atoms with van der Waals surface area (Å²) < 4.78 is 49.1. The average molecular weight is 397 g/mol. The second kappa shape index (κ2) is 8.96. The van der Waals surface area contributed by atoms with Gasteiger partial charge in [-0.15, -0.1) is 0 Å². The van der Waals surface area contributed by atoms with Gasteiger partial charge in [-0.3, -0.25) is 10.00 Å². The predicted molar refractivity (Wildman–Crippen MR) is 99.2 cm³/mol. The summed E-state index contributed by atoms with van der Waals surface area (Å²) in [4.78, 5) is 2.39. The molecule has 1 aromatic carbocycles. The van der Waals surface area contributed by atoms with Crippen molar-refractivity contribution in [3.63, 3.8) is 0 Å². The molecule has 154 valence electrons. The average Bonchev–Trinajstić information content (AvgIpc) is 3.10. The maximum atomic E-state index is 12.6. The van der Waals surface area contributed by atoms with Gasteiger partial charge in [0.2, 0.25) is 0 Å². The first-order valence-corrected chi connectivity index (χ1v) is 9.49. The molecule has 1 N–H and O–H groups in total. The van der Waals surface area contributed by atoms with Crippen molar-refractivity contribution < 1.29 is 22.6 Å². The van der Waals surface area contributed by atoms with Crippen molar-refractivity contribution in [2.75, 3.05) is 32.8 Å². The largest absolute Gasteiger partial charge is 0.493 e. The summed E-state index contributed by atoms with van der Waals surface area (Å²) in [7, 11) is 0. The van der Waals surface area contributed by atoms with Crippen molar-refractivity contribution in [1.29, 1.82) is 0 Å². The van der Waals surface area contributed by atoms with E-state index in [1.54, 1.807) is 0 Å². The third-order valence-electron chi connectivity index (χ3n) is 4.58. The van der Waals surface area contributed by atoms with Gasteiger partial charge >= 0.3 is 6.18 Å². The normalized spacial score (nSPS) is 18.6. The lowest BCUT2D eigenvalue weighted by Crippen LogP contribution is -2.40. The first kappa shape index (κ1) is 20.7. The molecule has 0 amide bonds. The van der Waals surface area contributed by atoms with Gasteiger partial charge in [-0.25, -0.2) is 0 Å². The summed E-state index contributed by atoms with van der Waals surface area (Å²) in [6.07, 6.45) is -3.80. The number of benzene rings is 1. The number of ether oxygens (including phenoxy) is 2. The van der Waals surface area contributed by atoms with Gasteiger partial charge < -0.3 is 9.47 Å². The van der Waals surface area contributed by atoms with E-state index in [0.717, 1.165) is 43.2 Å². The SMILES string of the molecule is CC(C)CN1CCO[C@@H](c2cc(CCOc3ccc(C(F)(F)F)cc3)[nH]n2)C1. The molecule has 1 fully saturated rings. The van der Waals surface area contributed by atoms with E-state index in [-0.39, 0.29) is 6.10 Å². The van der Waals surface area contributed by atoms with E-state index >= 15 is 0 Å². The number of aromatic nitrogens is 2. The molecule has 1 aliphatic rings. The second-order valence-electron chi connectivity index (χ2n) is 7.45. The van der Waals surface area contributed by atoms with Crippen LogP contribution < -0.4 is 4.74 Å². The Morgan fingerprint density at radius 3 is 2.71 bits per heavy atom. The number of morpholine rings is 1. The number of H-pyrrole nitrogens is 1. The first-order valence-electron chi connectivity index (χ1n) is 9.49. The molecule has 1 aliphatic heterocycles. The van der Waals surface area contributed by atoms with E-state index in [1.807, 2.05) is 6.07 Å². The monoisotopic (exact) mass is 397 g/mol. The van der Waals surface area contributed by atoms with Crippen LogP contribution in [0.4, 0.5) is 13.2 Å². The highest BCUT2D eigenvalue weighted by Gasteiger charge is 2.30. The Balaban J connectivity index is 1.48. The van der Waals surface area contributed by atoms with E-state index in [1.165, 1.54) is 12.1 Å². The first-order chi connectivity index (χ1) is 13.3. The number of alkyl halides is 3. The van der Waals surface area contributed by atoms with Crippen LogP contribution in [0.3, 0.4) is 0 Å². The van der Waals surface area contributed by atoms with Gasteiger partial charge in [0.05, 0.1) is 24.5 Å². The highest BCUT2D eigenvalue weighted by Crippen LogP contribution is 2.30. The molecular weight excluding hydrogens is 371 g/mol. The summed E-state index contributed by atoms with van der Waals surface area (Å²) in [6.45, 7) is 8.24. The predicted octanol–water partition coefficient (Wildman–Crippen LogP) is 4.08. The minimum absolute atomic E-state index is 0.0478. The van der Waals surface area contributed by atoms with Gasteiger partial charge in [0.1, 0.15) is 11.9 Å². The van der Waals surface area contributed by atoms with Crippen LogP contribution in [0.25, 0.3) is 0 Å². The maximum absolute atomic E-state index is 12.6. The smallest absolute Gasteiger partial charge is 0.416 e. The molecule has 0 spiro atoms. The maximum Gasteiger partial charge on any atom is 0.416 e. The lowest BCUT2D eigenvalue weighted by Gasteiger charge is -2.33. The molecule has 0 saturated carbocycles. The number of rotatable bonds is 7. The van der Waals surface area contributed by atoms with Crippen molar-refractivity contribution in [3.05, 3.63) is 47.3 Å². The lowest BCUT2D eigenvalue weighted by atomic mass is 10.1. The summed E-state index contributed by atoms with van der Waals surface area (Å²) in [6, 6.07) is 6.68. The van der Waals surface area contributed by atoms with E-state index in [9.17, 15) is 13.2 Å². The number of halogens is 3. The standard InChI is InChI=1S/C20H26F3N3O2/c1-14(2)12-26-8-10-28-19(13-26)18-11-16(24-25-18)7-9-27-17-5-3-15(4-6-17)20(21,22)23/h3-6,11,14,19H,7-10,12-13H2,1-2H3,(H,24,25)/t19-/m1/s1. The molecule has 2 heterocycles. The summed E-state index contributed by atoms with van der Waals surface area (Å²) in [5, 5.41) is 7.36. The van der Waals surface area contributed by atoms with E-state index in [4.69, 9.17) is 9.47 Å². The molecule has 0 bridgehead atoms. The van der Waals surface area contributed by atoms with Gasteiger partial charge in [-0.05, 0) is 36.2 Å². The van der Waals surface area contributed by atoms with Crippen molar-refractivity contribution in [1.82, 2.24) is 15.1 Å². The van der Waals surface area contributed by atoms with Crippen LogP contribution in [0.2, 0.25) is 0 Å². The number of nitrogens with one attached hydrogen (secondary N) is 1. The highest BCUT2D eigenvalue weighted by molar-refractivity contribution is 5.28. The minimum atomic E-state index is -4.34. The fourth-order valence-electron chi connectivity index (χ4n) is 3.26. The van der Waals surface area contributed by atoms with E-state index in [0.29, 0.717) is 31.3 Å². The zero-order valence-electron chi connectivity index (χ0n) is 16.1. The molecule has 5 nitrogen and oxygen atoms in total. The molecule has 3 rings (SSSR count). The van der Waals surface area contributed by atoms with Gasteiger partial charge in [0, 0.05) is 31.7 Å². The van der Waals surface area contributed by atoms with Crippen LogP contribution in [-0.4, -0.2) is 47.9 Å². The second-order valence-corrected chi connectivity index (χ2v) is 7.45. The molecule has 1 aromatic heterocycles. The fraction of sp³-hybridized carbons (Fsp3) is 0.550. The third-order valence-corrected chi connectivity index (χ3v) is 4.58. The van der Waals surface area contributed by atoms with Crippen LogP contribution in [0.1, 0.15) is 36.9 Å². The number of aromatic amines is 1. The Morgan fingerprint density at radius 1 is 1.29 bits per heavy atom. The van der Waals surface area contributed by atoms with Crippen LogP contribution >= 0.6 is 0 Å². The Kier molecular flexibility index (Phi) is 6.61. The summed E-state index contributed by atoms with van der Waals surface area (Å²) >= 11 is 0. The van der Waals surface area contributed by atoms with Gasteiger partial charge in [0.25, 0.3) is 0 Å². The molecule has 0 radical (unpaired) electrons. The van der Waals surface area contributed by atoms with Gasteiger partial charge in [-0.2, -0.15) is 18.3 Å². The lowest BCUT2D eigenvalue weighted by molar-refractivity contribution is -0.137. The topological polar surface area (TPSA) is 50.4 Å². The van der Waals surface area contributed by atoms with Crippen molar-refractivity contribution in [3.8, 4) is 5.75 Å². The van der Waals surface area contributed by atoms with Crippen LogP contribution in [0.15, 0.2) is 30.3 Å². The zero-order valence-corrected chi connectivity index (χ0v) is 16.1. The van der Waals surface area contributed by atoms with Gasteiger partial charge in [-0.1, -0.05) is 13.8 Å². The number of nitrogens with zero attached hydrogens (tertiary/aromatic N) is 2. The van der Waals surface area contributed by atoms with Crippen molar-refractivity contribution >= 4 is 0 Å². The molecule has 1 saturated heterocycles. The molecule has 0 unspecified atom stereocenters. The van der Waals surface area contributed by atoms with E-state index < -0.39 is 11.7 Å². The van der Waals surface area contributed by atoms with E-state index in [2.05, 4.69) is 28.9 Å². The molecule has 0 aliphatic carbocycles. The minimum Gasteiger partial charge on any atom is -0.493 e. The molecule has 2 aromatic rings. The molecular formula is C20H26F3N3O2. The third kappa shape index (κ3) is 5.72. The van der Waals surface area contributed by atoms with Gasteiger partial charge in [0.15, 0.2) is 0 Å². The molecule has 8 heteroatoms. The fourth-order valence-corrected chi connectivity index (χ4v) is 3.26. The van der Waals surface area contributed by atoms with Crippen molar-refractivity contribution in [2.45, 2.75) is 32.5 Å². The Labute approximate surface area is 162 Å².